The summed E-state index contributed by atoms with van der Waals surface area (Å²) in [5.74, 6) is -1.27. The maximum Gasteiger partial charge on any atom is 0.410 e. The Morgan fingerprint density at radius 1 is 1.15 bits per heavy atom. The summed E-state index contributed by atoms with van der Waals surface area (Å²) in [5.41, 5.74) is 0. The van der Waals surface area contributed by atoms with Crippen molar-refractivity contribution in [2.75, 3.05) is 52.5 Å². The fraction of sp³-hybridized carbons (Fsp3) is 0.611. The Bertz CT molecular complexity index is 700. The molecular formula is C18H23N3O6. The minimum absolute atomic E-state index is 0.0245. The number of nitrogens with zero attached hydrogens (tertiary/aromatic N) is 3. The van der Waals surface area contributed by atoms with Gasteiger partial charge in [-0.3, -0.25) is 19.4 Å². The van der Waals surface area contributed by atoms with Crippen molar-refractivity contribution in [3.8, 4) is 0 Å². The molecule has 9 heteroatoms. The highest BCUT2D eigenvalue weighted by molar-refractivity contribution is 6.42. The minimum atomic E-state index is -0.676. The average Bonchev–Trinajstić information content (AvgIpc) is 3.40. The van der Waals surface area contributed by atoms with Gasteiger partial charge in [0.1, 0.15) is 6.10 Å². The summed E-state index contributed by atoms with van der Waals surface area (Å²) in [6, 6.07) is 2.84. The first kappa shape index (κ1) is 18.0. The lowest BCUT2D eigenvalue weighted by Crippen LogP contribution is -2.42. The quantitative estimate of drug-likeness (QED) is 0.517. The van der Waals surface area contributed by atoms with Crippen molar-refractivity contribution in [1.29, 1.82) is 0 Å². The van der Waals surface area contributed by atoms with E-state index in [1.54, 1.807) is 11.0 Å². The number of furan rings is 1. The van der Waals surface area contributed by atoms with Gasteiger partial charge >= 0.3 is 6.09 Å². The normalized spacial score (nSPS) is 25.6. The van der Waals surface area contributed by atoms with Crippen molar-refractivity contribution in [2.45, 2.75) is 18.6 Å². The smallest absolute Gasteiger partial charge is 0.410 e. The van der Waals surface area contributed by atoms with E-state index in [0.29, 0.717) is 13.1 Å². The van der Waals surface area contributed by atoms with Crippen LogP contribution in [0.3, 0.4) is 0 Å². The van der Waals surface area contributed by atoms with Crippen molar-refractivity contribution in [2.24, 2.45) is 0 Å². The largest absolute Gasteiger partial charge is 0.461 e. The molecule has 3 saturated heterocycles. The molecule has 146 valence electrons. The lowest BCUT2D eigenvalue weighted by atomic mass is 10.2. The van der Waals surface area contributed by atoms with E-state index in [1.807, 2.05) is 0 Å². The van der Waals surface area contributed by atoms with E-state index in [1.165, 1.54) is 17.2 Å². The molecule has 0 saturated carbocycles. The molecule has 2 amide bonds. The number of hydrogen-bond donors (Lipinski definition) is 0. The van der Waals surface area contributed by atoms with Gasteiger partial charge in [-0.2, -0.15) is 0 Å². The van der Waals surface area contributed by atoms with Crippen molar-refractivity contribution >= 4 is 17.8 Å². The molecule has 0 radical (unpaired) electrons. The zero-order valence-electron chi connectivity index (χ0n) is 15.0. The van der Waals surface area contributed by atoms with E-state index in [0.717, 1.165) is 39.3 Å². The fourth-order valence-corrected chi connectivity index (χ4v) is 3.87. The third-order valence-corrected chi connectivity index (χ3v) is 5.33. The Kier molecular flexibility index (Phi) is 5.13. The predicted octanol–water partition coefficient (Wildman–Crippen LogP) is 0.216. The number of morpholine rings is 1. The van der Waals surface area contributed by atoms with E-state index >= 15 is 0 Å². The summed E-state index contributed by atoms with van der Waals surface area (Å²) in [4.78, 5) is 42.2. The molecule has 4 rings (SSSR count). The highest BCUT2D eigenvalue weighted by Crippen LogP contribution is 2.27. The molecule has 1 aromatic heterocycles. The molecule has 0 unspecified atom stereocenters. The van der Waals surface area contributed by atoms with Gasteiger partial charge in [0.05, 0.1) is 32.1 Å². The SMILES string of the molecule is O=C(C(=O)N1C[C@H]2OC(=O)N(CCCN3CCOCC3)[C@H]2C1)c1ccco1. The number of Topliss-reactive ketones (excluding diaryl/α,β-unsaturated/α-hetero) is 1. The van der Waals surface area contributed by atoms with Gasteiger partial charge in [0.2, 0.25) is 0 Å². The van der Waals surface area contributed by atoms with Crippen LogP contribution in [0.2, 0.25) is 0 Å². The van der Waals surface area contributed by atoms with E-state index in [-0.39, 0.29) is 30.5 Å². The molecule has 0 aliphatic carbocycles. The molecule has 27 heavy (non-hydrogen) atoms. The molecule has 4 heterocycles. The molecule has 9 nitrogen and oxygen atoms in total. The van der Waals surface area contributed by atoms with Gasteiger partial charge in [-0.15, -0.1) is 0 Å². The standard InChI is InChI=1S/C18H23N3O6/c22-16(14-3-1-8-26-14)17(23)20-11-13-15(12-20)27-18(24)21(13)5-2-4-19-6-9-25-10-7-19/h1,3,8,13,15H,2,4-7,9-12H2/t13-,15+/m0/s1. The summed E-state index contributed by atoms with van der Waals surface area (Å²) >= 11 is 0. The van der Waals surface area contributed by atoms with Crippen LogP contribution in [-0.2, 0) is 14.3 Å². The molecule has 3 aliphatic heterocycles. The van der Waals surface area contributed by atoms with Crippen LogP contribution >= 0.6 is 0 Å². The van der Waals surface area contributed by atoms with E-state index in [2.05, 4.69) is 4.90 Å². The van der Waals surface area contributed by atoms with Gasteiger partial charge in [-0.05, 0) is 18.6 Å². The molecule has 1 aromatic rings. The van der Waals surface area contributed by atoms with Crippen molar-refractivity contribution in [3.63, 3.8) is 0 Å². The third kappa shape index (κ3) is 3.70. The molecule has 2 atom stereocenters. The second-order valence-corrected chi connectivity index (χ2v) is 7.01. The summed E-state index contributed by atoms with van der Waals surface area (Å²) < 4.78 is 15.8. The summed E-state index contributed by atoms with van der Waals surface area (Å²) in [7, 11) is 0. The Morgan fingerprint density at radius 2 is 1.96 bits per heavy atom. The summed E-state index contributed by atoms with van der Waals surface area (Å²) in [6.45, 7) is 5.33. The van der Waals surface area contributed by atoms with Crippen LogP contribution in [0, 0.1) is 0 Å². The van der Waals surface area contributed by atoms with Crippen LogP contribution in [0.1, 0.15) is 17.0 Å². The number of carbonyl (C=O) groups is 3. The number of hydrogen-bond acceptors (Lipinski definition) is 7. The maximum atomic E-state index is 12.4. The molecular weight excluding hydrogens is 354 g/mol. The van der Waals surface area contributed by atoms with E-state index in [4.69, 9.17) is 13.9 Å². The van der Waals surface area contributed by atoms with Crippen molar-refractivity contribution in [1.82, 2.24) is 14.7 Å². The topological polar surface area (TPSA) is 92.5 Å². The zero-order chi connectivity index (χ0) is 18.8. The minimum Gasteiger partial charge on any atom is -0.461 e. The monoisotopic (exact) mass is 377 g/mol. The van der Waals surface area contributed by atoms with Gasteiger partial charge in [-0.1, -0.05) is 0 Å². The average molecular weight is 377 g/mol. The zero-order valence-corrected chi connectivity index (χ0v) is 15.0. The lowest BCUT2D eigenvalue weighted by Gasteiger charge is -2.28. The Balaban J connectivity index is 1.31. The van der Waals surface area contributed by atoms with Crippen LogP contribution in [0.25, 0.3) is 0 Å². The molecule has 3 aliphatic rings. The Hall–Kier alpha value is -2.39. The molecule has 0 aromatic carbocycles. The van der Waals surface area contributed by atoms with Gasteiger partial charge < -0.3 is 18.8 Å². The Labute approximate surface area is 156 Å². The second-order valence-electron chi connectivity index (χ2n) is 7.01. The molecule has 3 fully saturated rings. The number of ether oxygens (including phenoxy) is 2. The third-order valence-electron chi connectivity index (χ3n) is 5.33. The van der Waals surface area contributed by atoms with Crippen LogP contribution in [-0.4, -0.2) is 97.1 Å². The van der Waals surface area contributed by atoms with Crippen LogP contribution in [0.4, 0.5) is 4.79 Å². The number of carbonyl (C=O) groups excluding carboxylic acids is 3. The number of rotatable bonds is 6. The van der Waals surface area contributed by atoms with E-state index < -0.39 is 11.7 Å². The first-order valence-corrected chi connectivity index (χ1v) is 9.28. The van der Waals surface area contributed by atoms with Gasteiger partial charge in [0, 0.05) is 32.7 Å². The Morgan fingerprint density at radius 3 is 2.70 bits per heavy atom. The van der Waals surface area contributed by atoms with E-state index in [9.17, 15) is 14.4 Å². The second kappa shape index (κ2) is 7.69. The summed E-state index contributed by atoms with van der Waals surface area (Å²) in [5, 5.41) is 0. The first-order chi connectivity index (χ1) is 13.1. The van der Waals surface area contributed by atoms with Gasteiger partial charge in [0.25, 0.3) is 11.7 Å². The number of ketones is 1. The van der Waals surface area contributed by atoms with Crippen LogP contribution < -0.4 is 0 Å². The lowest BCUT2D eigenvalue weighted by molar-refractivity contribution is -0.126. The van der Waals surface area contributed by atoms with Gasteiger partial charge in [0.15, 0.2) is 5.76 Å². The van der Waals surface area contributed by atoms with Crippen molar-refractivity contribution < 1.29 is 28.3 Å². The molecule has 0 bridgehead atoms. The number of amides is 2. The predicted molar refractivity (Wildman–Crippen MR) is 92.3 cm³/mol. The fourth-order valence-electron chi connectivity index (χ4n) is 3.87. The van der Waals surface area contributed by atoms with Gasteiger partial charge in [-0.25, -0.2) is 4.79 Å². The number of likely N-dealkylation sites (tertiary alicyclic amines) is 1. The summed E-state index contributed by atoms with van der Waals surface area (Å²) in [6.07, 6.45) is 1.47. The number of fused-ring (bicyclic) bond motifs is 1. The van der Waals surface area contributed by atoms with Crippen LogP contribution in [0.5, 0.6) is 0 Å². The van der Waals surface area contributed by atoms with Crippen LogP contribution in [0.15, 0.2) is 22.8 Å². The molecule has 0 N–H and O–H groups in total. The molecule has 0 spiro atoms. The van der Waals surface area contributed by atoms with Crippen molar-refractivity contribution in [3.05, 3.63) is 24.2 Å². The highest BCUT2D eigenvalue weighted by atomic mass is 16.6. The first-order valence-electron chi connectivity index (χ1n) is 9.28. The maximum absolute atomic E-state index is 12.4. The highest BCUT2D eigenvalue weighted by Gasteiger charge is 2.49.